The Balaban J connectivity index is 1.37. The van der Waals surface area contributed by atoms with Crippen LogP contribution in [0.4, 0.5) is 0 Å². The highest BCUT2D eigenvalue weighted by atomic mass is 16.6. The lowest BCUT2D eigenvalue weighted by Crippen LogP contribution is -2.39. The average Bonchev–Trinajstić information content (AvgIpc) is 2.91. The number of nitrogens with two attached hydrogens (primary N) is 1. The van der Waals surface area contributed by atoms with Gasteiger partial charge in [0.25, 0.3) is 0 Å². The molecule has 2 aliphatic heterocycles. The SMILES string of the molecule is CCCOc1ccc(C2C(C#N)=C(N)Oc3cc(OC(=O)C4COc5ccccc5O4)ccc32)cc1. The summed E-state index contributed by atoms with van der Waals surface area (Å²) in [7, 11) is 0. The largest absolute Gasteiger partial charge is 0.494 e. The fourth-order valence-electron chi connectivity index (χ4n) is 4.14. The summed E-state index contributed by atoms with van der Waals surface area (Å²) in [5.41, 5.74) is 8.00. The van der Waals surface area contributed by atoms with E-state index in [1.807, 2.05) is 37.3 Å². The standard InChI is InChI=1S/C28H24N2O6/c1-2-13-32-18-9-7-17(8-10-18)26-20-12-11-19(14-24(20)36-27(30)21(26)15-29)34-28(31)25-16-33-22-5-3-4-6-23(22)35-25/h3-12,14,25-26H,2,13,16,30H2,1H3. The van der Waals surface area contributed by atoms with Crippen molar-refractivity contribution in [3.8, 4) is 34.8 Å². The second-order valence-corrected chi connectivity index (χ2v) is 8.33. The molecule has 3 aromatic rings. The van der Waals surface area contributed by atoms with Gasteiger partial charge in [-0.25, -0.2) is 4.79 Å². The van der Waals surface area contributed by atoms with E-state index >= 15 is 0 Å². The number of carbonyl (C=O) groups is 1. The maximum absolute atomic E-state index is 12.7. The van der Waals surface area contributed by atoms with Gasteiger partial charge in [0.15, 0.2) is 11.5 Å². The summed E-state index contributed by atoms with van der Waals surface area (Å²) in [6, 6.07) is 21.8. The third kappa shape index (κ3) is 4.51. The second-order valence-electron chi connectivity index (χ2n) is 8.33. The van der Waals surface area contributed by atoms with Crippen LogP contribution >= 0.6 is 0 Å². The zero-order chi connectivity index (χ0) is 25.1. The smallest absolute Gasteiger partial charge is 0.356 e. The van der Waals surface area contributed by atoms with Crippen LogP contribution in [0.25, 0.3) is 0 Å². The van der Waals surface area contributed by atoms with Crippen molar-refractivity contribution < 1.29 is 28.5 Å². The number of hydrogen-bond acceptors (Lipinski definition) is 8. The van der Waals surface area contributed by atoms with E-state index in [0.717, 1.165) is 23.3 Å². The number of rotatable bonds is 6. The Morgan fingerprint density at radius 3 is 2.56 bits per heavy atom. The number of benzene rings is 3. The summed E-state index contributed by atoms with van der Waals surface area (Å²) >= 11 is 0. The summed E-state index contributed by atoms with van der Waals surface area (Å²) in [4.78, 5) is 12.7. The van der Waals surface area contributed by atoms with E-state index in [4.69, 9.17) is 29.4 Å². The van der Waals surface area contributed by atoms with Crippen molar-refractivity contribution in [2.75, 3.05) is 13.2 Å². The first kappa shape index (κ1) is 23.1. The molecule has 0 saturated carbocycles. The van der Waals surface area contributed by atoms with Gasteiger partial charge in [0, 0.05) is 11.6 Å². The van der Waals surface area contributed by atoms with Crippen molar-refractivity contribution in [1.82, 2.24) is 0 Å². The molecule has 8 heteroatoms. The molecule has 0 radical (unpaired) electrons. The summed E-state index contributed by atoms with van der Waals surface area (Å²) in [6.45, 7) is 2.71. The molecule has 0 bridgehead atoms. The topological polar surface area (TPSA) is 113 Å². The van der Waals surface area contributed by atoms with Gasteiger partial charge in [-0.3, -0.25) is 0 Å². The molecule has 2 heterocycles. The number of carbonyl (C=O) groups excluding carboxylic acids is 1. The predicted octanol–water partition coefficient (Wildman–Crippen LogP) is 4.44. The highest BCUT2D eigenvalue weighted by Gasteiger charge is 2.32. The summed E-state index contributed by atoms with van der Waals surface area (Å²) in [5, 5.41) is 9.79. The van der Waals surface area contributed by atoms with Gasteiger partial charge in [0.05, 0.1) is 12.5 Å². The van der Waals surface area contributed by atoms with Crippen LogP contribution in [0.3, 0.4) is 0 Å². The van der Waals surface area contributed by atoms with Crippen LogP contribution in [0.5, 0.6) is 28.7 Å². The van der Waals surface area contributed by atoms with Crippen LogP contribution < -0.4 is 29.4 Å². The second kappa shape index (κ2) is 9.92. The third-order valence-electron chi connectivity index (χ3n) is 5.87. The van der Waals surface area contributed by atoms with Gasteiger partial charge in [0.1, 0.15) is 35.5 Å². The number of para-hydroxylation sites is 2. The fourth-order valence-corrected chi connectivity index (χ4v) is 4.14. The van der Waals surface area contributed by atoms with Crippen LogP contribution in [0.2, 0.25) is 0 Å². The first-order chi connectivity index (χ1) is 17.6. The van der Waals surface area contributed by atoms with Crippen molar-refractivity contribution >= 4 is 5.97 Å². The number of nitrogens with zero attached hydrogens (tertiary/aromatic N) is 1. The molecule has 36 heavy (non-hydrogen) atoms. The van der Waals surface area contributed by atoms with E-state index in [1.54, 1.807) is 36.4 Å². The van der Waals surface area contributed by atoms with E-state index in [1.165, 1.54) is 0 Å². The molecular weight excluding hydrogens is 460 g/mol. The molecule has 2 unspecified atom stereocenters. The van der Waals surface area contributed by atoms with Crippen molar-refractivity contribution in [3.63, 3.8) is 0 Å². The first-order valence-corrected chi connectivity index (χ1v) is 11.6. The van der Waals surface area contributed by atoms with Crippen molar-refractivity contribution in [1.29, 1.82) is 5.26 Å². The molecule has 2 N–H and O–H groups in total. The minimum absolute atomic E-state index is 0.00501. The zero-order valence-electron chi connectivity index (χ0n) is 19.6. The number of allylic oxidation sites excluding steroid dienone is 1. The molecule has 2 atom stereocenters. The van der Waals surface area contributed by atoms with Crippen molar-refractivity contribution in [3.05, 3.63) is 89.3 Å². The molecule has 182 valence electrons. The van der Waals surface area contributed by atoms with Gasteiger partial charge < -0.3 is 29.4 Å². The van der Waals surface area contributed by atoms with Gasteiger partial charge >= 0.3 is 5.97 Å². The summed E-state index contributed by atoms with van der Waals surface area (Å²) in [5.74, 6) is 1.45. The molecule has 0 fully saturated rings. The molecular formula is C28H24N2O6. The molecule has 0 amide bonds. The van der Waals surface area contributed by atoms with Crippen LogP contribution in [-0.2, 0) is 4.79 Å². The van der Waals surface area contributed by atoms with Crippen molar-refractivity contribution in [2.24, 2.45) is 5.73 Å². The Morgan fingerprint density at radius 2 is 1.81 bits per heavy atom. The highest BCUT2D eigenvalue weighted by molar-refractivity contribution is 5.78. The Kier molecular flexibility index (Phi) is 6.37. The number of fused-ring (bicyclic) bond motifs is 2. The lowest BCUT2D eigenvalue weighted by atomic mass is 9.83. The van der Waals surface area contributed by atoms with Gasteiger partial charge in [-0.2, -0.15) is 5.26 Å². The maximum Gasteiger partial charge on any atom is 0.356 e. The predicted molar refractivity (Wildman–Crippen MR) is 130 cm³/mol. The van der Waals surface area contributed by atoms with E-state index in [0.29, 0.717) is 29.4 Å². The van der Waals surface area contributed by atoms with Crippen LogP contribution in [-0.4, -0.2) is 25.3 Å². The number of esters is 1. The third-order valence-corrected chi connectivity index (χ3v) is 5.87. The Morgan fingerprint density at radius 1 is 1.06 bits per heavy atom. The number of nitriles is 1. The van der Waals surface area contributed by atoms with E-state index < -0.39 is 18.0 Å². The molecule has 5 rings (SSSR count). The van der Waals surface area contributed by atoms with Gasteiger partial charge in [-0.15, -0.1) is 0 Å². The van der Waals surface area contributed by atoms with Crippen LogP contribution in [0.1, 0.15) is 30.4 Å². The fraction of sp³-hybridized carbons (Fsp3) is 0.214. The zero-order valence-corrected chi connectivity index (χ0v) is 19.6. The minimum atomic E-state index is -0.909. The van der Waals surface area contributed by atoms with Gasteiger partial charge in [-0.1, -0.05) is 37.3 Å². The lowest BCUT2D eigenvalue weighted by molar-refractivity contribution is -0.144. The minimum Gasteiger partial charge on any atom is -0.494 e. The van der Waals surface area contributed by atoms with Crippen molar-refractivity contribution in [2.45, 2.75) is 25.4 Å². The Bertz CT molecular complexity index is 1360. The molecule has 8 nitrogen and oxygen atoms in total. The van der Waals surface area contributed by atoms with Crippen LogP contribution in [0.15, 0.2) is 78.2 Å². The maximum atomic E-state index is 12.7. The normalized spacial score (nSPS) is 17.9. The Labute approximate surface area is 208 Å². The average molecular weight is 485 g/mol. The number of hydrogen-bond donors (Lipinski definition) is 1. The molecule has 0 saturated heterocycles. The van der Waals surface area contributed by atoms with Gasteiger partial charge in [-0.05, 0) is 42.3 Å². The quantitative estimate of drug-likeness (QED) is 0.404. The summed E-state index contributed by atoms with van der Waals surface area (Å²) in [6.07, 6.45) is 0.000684. The molecule has 3 aromatic carbocycles. The van der Waals surface area contributed by atoms with Gasteiger partial charge in [0.2, 0.25) is 12.0 Å². The molecule has 2 aliphatic rings. The van der Waals surface area contributed by atoms with E-state index in [2.05, 4.69) is 6.07 Å². The van der Waals surface area contributed by atoms with E-state index in [-0.39, 0.29) is 18.2 Å². The van der Waals surface area contributed by atoms with Crippen LogP contribution in [0, 0.1) is 11.3 Å². The Hall–Kier alpha value is -4.64. The lowest BCUT2D eigenvalue weighted by Gasteiger charge is -2.27. The monoisotopic (exact) mass is 484 g/mol. The molecule has 0 aromatic heterocycles. The first-order valence-electron chi connectivity index (χ1n) is 11.6. The highest BCUT2D eigenvalue weighted by Crippen LogP contribution is 2.43. The van der Waals surface area contributed by atoms with E-state index in [9.17, 15) is 10.1 Å². The molecule has 0 spiro atoms. The number of ether oxygens (including phenoxy) is 5. The summed E-state index contributed by atoms with van der Waals surface area (Å²) < 4.78 is 28.3. The molecule has 0 aliphatic carbocycles.